The quantitative estimate of drug-likeness (QED) is 0.517. The summed E-state index contributed by atoms with van der Waals surface area (Å²) in [4.78, 5) is 24.6. The van der Waals surface area contributed by atoms with E-state index in [1.165, 1.54) is 42.5 Å². The van der Waals surface area contributed by atoms with Gasteiger partial charge in [0.1, 0.15) is 0 Å². The van der Waals surface area contributed by atoms with Crippen LogP contribution in [0.4, 0.5) is 24.5 Å². The summed E-state index contributed by atoms with van der Waals surface area (Å²) in [5, 5.41) is 4.89. The minimum absolute atomic E-state index is 0.0203. The smallest absolute Gasteiger partial charge is 0.255 e. The summed E-state index contributed by atoms with van der Waals surface area (Å²) >= 11 is 6.13. The third-order valence-electron chi connectivity index (χ3n) is 4.25. The Kier molecular flexibility index (Phi) is 6.56. The summed E-state index contributed by atoms with van der Waals surface area (Å²) < 4.78 is 63.0. The zero-order valence-corrected chi connectivity index (χ0v) is 17.8. The van der Waals surface area contributed by atoms with Crippen molar-refractivity contribution in [2.24, 2.45) is 0 Å². The number of carbonyl (C=O) groups excluding carboxylic acids is 2. The van der Waals surface area contributed by atoms with Crippen LogP contribution in [-0.2, 0) is 9.84 Å². The molecule has 0 saturated carbocycles. The summed E-state index contributed by atoms with van der Waals surface area (Å²) in [7, 11) is -3.50. The highest BCUT2D eigenvalue weighted by atomic mass is 35.5. The molecule has 3 aromatic rings. The maximum absolute atomic E-state index is 13.3. The number of nitrogens with one attached hydrogen (secondary N) is 2. The molecule has 0 aromatic heterocycles. The molecule has 2 N–H and O–H groups in total. The largest absolute Gasteiger partial charge is 0.322 e. The number of hydrogen-bond donors (Lipinski definition) is 2. The van der Waals surface area contributed by atoms with Crippen molar-refractivity contribution in [1.82, 2.24) is 0 Å². The van der Waals surface area contributed by atoms with E-state index in [0.717, 1.165) is 6.26 Å². The molecular weight excluding hydrogens is 469 g/mol. The fraction of sp³-hybridized carbons (Fsp3) is 0.0476. The number of carbonyl (C=O) groups is 2. The molecule has 0 fully saturated rings. The Balaban J connectivity index is 1.76. The van der Waals surface area contributed by atoms with Crippen molar-refractivity contribution in [2.75, 3.05) is 16.9 Å². The molecule has 0 spiro atoms. The minimum Gasteiger partial charge on any atom is -0.322 e. The van der Waals surface area contributed by atoms with Crippen molar-refractivity contribution in [3.05, 3.63) is 88.2 Å². The Morgan fingerprint density at radius 3 is 2.06 bits per heavy atom. The average molecular weight is 483 g/mol. The molecule has 0 radical (unpaired) electrons. The summed E-state index contributed by atoms with van der Waals surface area (Å²) in [6, 6.07) is 10.5. The van der Waals surface area contributed by atoms with Gasteiger partial charge in [0.25, 0.3) is 11.8 Å². The highest BCUT2D eigenvalue weighted by Crippen LogP contribution is 2.27. The lowest BCUT2D eigenvalue weighted by molar-refractivity contribution is 0.101. The van der Waals surface area contributed by atoms with E-state index in [1.807, 2.05) is 0 Å². The van der Waals surface area contributed by atoms with E-state index in [4.69, 9.17) is 11.6 Å². The van der Waals surface area contributed by atoms with Crippen LogP contribution in [0.25, 0.3) is 0 Å². The monoisotopic (exact) mass is 482 g/mol. The molecule has 6 nitrogen and oxygen atoms in total. The van der Waals surface area contributed by atoms with Gasteiger partial charge < -0.3 is 10.6 Å². The minimum atomic E-state index is -3.50. The number of sulfone groups is 1. The van der Waals surface area contributed by atoms with Crippen LogP contribution < -0.4 is 10.6 Å². The molecule has 2 amide bonds. The number of rotatable bonds is 5. The number of halogens is 4. The lowest BCUT2D eigenvalue weighted by Crippen LogP contribution is -2.14. The van der Waals surface area contributed by atoms with Gasteiger partial charge in [0.15, 0.2) is 27.3 Å². The van der Waals surface area contributed by atoms with Crippen molar-refractivity contribution in [3.63, 3.8) is 0 Å². The molecule has 3 rings (SSSR count). The maximum Gasteiger partial charge on any atom is 0.255 e. The van der Waals surface area contributed by atoms with Crippen LogP contribution in [0.15, 0.2) is 59.5 Å². The lowest BCUT2D eigenvalue weighted by Gasteiger charge is -2.11. The Morgan fingerprint density at radius 2 is 1.47 bits per heavy atom. The molecule has 0 bridgehead atoms. The number of amides is 2. The van der Waals surface area contributed by atoms with Crippen molar-refractivity contribution in [1.29, 1.82) is 0 Å². The van der Waals surface area contributed by atoms with Gasteiger partial charge in [0.05, 0.1) is 15.6 Å². The molecule has 0 heterocycles. The van der Waals surface area contributed by atoms with Crippen LogP contribution in [-0.4, -0.2) is 26.5 Å². The first kappa shape index (κ1) is 23.3. The summed E-state index contributed by atoms with van der Waals surface area (Å²) in [5.41, 5.74) is -0.0529. The first-order valence-electron chi connectivity index (χ1n) is 8.82. The van der Waals surface area contributed by atoms with Crippen LogP contribution in [0.1, 0.15) is 20.7 Å². The second-order valence-corrected chi connectivity index (χ2v) is 9.08. The van der Waals surface area contributed by atoms with Gasteiger partial charge in [0.2, 0.25) is 0 Å². The second kappa shape index (κ2) is 9.01. The van der Waals surface area contributed by atoms with E-state index in [0.29, 0.717) is 12.1 Å². The Bertz CT molecular complexity index is 1320. The maximum atomic E-state index is 13.3. The predicted molar refractivity (Wildman–Crippen MR) is 113 cm³/mol. The third kappa shape index (κ3) is 5.27. The van der Waals surface area contributed by atoms with Crippen molar-refractivity contribution < 1.29 is 31.2 Å². The van der Waals surface area contributed by atoms with E-state index in [2.05, 4.69) is 10.6 Å². The van der Waals surface area contributed by atoms with Crippen molar-refractivity contribution >= 4 is 44.6 Å². The fourth-order valence-electron chi connectivity index (χ4n) is 2.65. The van der Waals surface area contributed by atoms with E-state index < -0.39 is 44.7 Å². The highest BCUT2D eigenvalue weighted by Gasteiger charge is 2.16. The highest BCUT2D eigenvalue weighted by molar-refractivity contribution is 7.90. The fourth-order valence-corrected chi connectivity index (χ4v) is 3.54. The van der Waals surface area contributed by atoms with E-state index in [1.54, 1.807) is 0 Å². The molecule has 166 valence electrons. The van der Waals surface area contributed by atoms with E-state index >= 15 is 0 Å². The van der Waals surface area contributed by atoms with Crippen LogP contribution >= 0.6 is 11.6 Å². The lowest BCUT2D eigenvalue weighted by atomic mass is 10.1. The molecular formula is C21H14ClF3N2O4S. The van der Waals surface area contributed by atoms with E-state index in [-0.39, 0.29) is 26.9 Å². The third-order valence-corrected chi connectivity index (χ3v) is 5.67. The van der Waals surface area contributed by atoms with Crippen LogP contribution in [0.3, 0.4) is 0 Å². The van der Waals surface area contributed by atoms with Gasteiger partial charge in [-0.2, -0.15) is 0 Å². The first-order valence-corrected chi connectivity index (χ1v) is 11.1. The first-order chi connectivity index (χ1) is 15.0. The molecule has 11 heteroatoms. The SMILES string of the molecule is CS(=O)(=O)c1cccc(C(=O)Nc2ccc(NC(=O)c3cc(F)c(F)c(F)c3)cc2Cl)c1. The Hall–Kier alpha value is -3.37. The Morgan fingerprint density at radius 1 is 0.844 bits per heavy atom. The number of benzene rings is 3. The van der Waals surface area contributed by atoms with Gasteiger partial charge in [-0.05, 0) is 48.5 Å². The number of anilines is 2. The standard InChI is InChI=1S/C21H14ClF3N2O4S/c1-32(30,31)14-4-2-3-11(7-14)20(28)27-18-6-5-13(10-15(18)22)26-21(29)12-8-16(23)19(25)17(24)9-12/h2-10H,1H3,(H,26,29)(H,27,28). The zero-order valence-electron chi connectivity index (χ0n) is 16.2. The van der Waals surface area contributed by atoms with Crippen molar-refractivity contribution in [3.8, 4) is 0 Å². The molecule has 32 heavy (non-hydrogen) atoms. The molecule has 0 aliphatic rings. The predicted octanol–water partition coefficient (Wildman–Crippen LogP) is 4.67. The zero-order chi connectivity index (χ0) is 23.6. The normalized spacial score (nSPS) is 11.2. The van der Waals surface area contributed by atoms with Crippen LogP contribution in [0, 0.1) is 17.5 Å². The van der Waals surface area contributed by atoms with Gasteiger partial charge in [-0.25, -0.2) is 21.6 Å². The molecule has 0 unspecified atom stereocenters. The molecule has 0 saturated heterocycles. The summed E-state index contributed by atoms with van der Waals surface area (Å²) in [5.74, 6) is -6.23. The van der Waals surface area contributed by atoms with Crippen LogP contribution in [0.5, 0.6) is 0 Å². The summed E-state index contributed by atoms with van der Waals surface area (Å²) in [6.07, 6.45) is 1.02. The second-order valence-electron chi connectivity index (χ2n) is 6.66. The van der Waals surface area contributed by atoms with Crippen LogP contribution in [0.2, 0.25) is 5.02 Å². The van der Waals surface area contributed by atoms with Gasteiger partial charge in [-0.3, -0.25) is 9.59 Å². The molecule has 3 aromatic carbocycles. The van der Waals surface area contributed by atoms with Gasteiger partial charge in [-0.1, -0.05) is 17.7 Å². The Labute approximate surface area is 185 Å². The molecule has 0 atom stereocenters. The molecule has 0 aliphatic heterocycles. The molecule has 0 aliphatic carbocycles. The van der Waals surface area contributed by atoms with Gasteiger partial charge >= 0.3 is 0 Å². The number of hydrogen-bond acceptors (Lipinski definition) is 4. The van der Waals surface area contributed by atoms with Gasteiger partial charge in [-0.15, -0.1) is 0 Å². The van der Waals surface area contributed by atoms with Crippen molar-refractivity contribution in [2.45, 2.75) is 4.90 Å². The average Bonchev–Trinajstić information content (AvgIpc) is 2.73. The van der Waals surface area contributed by atoms with Gasteiger partial charge in [0, 0.05) is 23.1 Å². The topological polar surface area (TPSA) is 92.3 Å². The summed E-state index contributed by atoms with van der Waals surface area (Å²) in [6.45, 7) is 0. The van der Waals surface area contributed by atoms with E-state index in [9.17, 15) is 31.2 Å².